The first-order valence-electron chi connectivity index (χ1n) is 10.5. The molecule has 2 heterocycles. The summed E-state index contributed by atoms with van der Waals surface area (Å²) < 4.78 is 1.51. The predicted octanol–water partition coefficient (Wildman–Crippen LogP) is 3.83. The van der Waals surface area contributed by atoms with Gasteiger partial charge in [-0.2, -0.15) is 0 Å². The van der Waals surface area contributed by atoms with Gasteiger partial charge in [-0.1, -0.05) is 49.4 Å². The van der Waals surface area contributed by atoms with E-state index in [9.17, 15) is 9.59 Å². The number of amides is 1. The molecule has 150 valence electrons. The van der Waals surface area contributed by atoms with Gasteiger partial charge < -0.3 is 4.90 Å². The zero-order chi connectivity index (χ0) is 20.2. The molecule has 1 aliphatic rings. The fraction of sp³-hybridized carbons (Fsp3) is 0.375. The van der Waals surface area contributed by atoms with E-state index < -0.39 is 6.04 Å². The molecule has 0 N–H and O–H groups in total. The summed E-state index contributed by atoms with van der Waals surface area (Å²) in [6, 6.07) is 17.3. The van der Waals surface area contributed by atoms with Crippen LogP contribution in [-0.4, -0.2) is 33.4 Å². The molecule has 0 aliphatic carbocycles. The fourth-order valence-corrected chi connectivity index (χ4v) is 4.31. The third-order valence-electron chi connectivity index (χ3n) is 5.99. The number of para-hydroxylation sites is 1. The fourth-order valence-electron chi connectivity index (χ4n) is 4.31. The van der Waals surface area contributed by atoms with Crippen molar-refractivity contribution in [3.63, 3.8) is 0 Å². The minimum absolute atomic E-state index is 0.0323. The van der Waals surface area contributed by atoms with Crippen LogP contribution in [0, 0.1) is 5.92 Å². The van der Waals surface area contributed by atoms with Gasteiger partial charge in [-0.05, 0) is 49.3 Å². The Hall–Kier alpha value is -2.95. The topological polar surface area (TPSA) is 55.2 Å². The molecule has 1 atom stereocenters. The van der Waals surface area contributed by atoms with Crippen LogP contribution in [0.4, 0.5) is 0 Å². The van der Waals surface area contributed by atoms with Crippen LogP contribution in [0.1, 0.15) is 37.8 Å². The van der Waals surface area contributed by atoms with Crippen molar-refractivity contribution in [2.24, 2.45) is 5.92 Å². The highest BCUT2D eigenvalue weighted by atomic mass is 16.2. The van der Waals surface area contributed by atoms with E-state index in [1.807, 2.05) is 36.1 Å². The van der Waals surface area contributed by atoms with Crippen LogP contribution < -0.4 is 5.56 Å². The molecule has 0 unspecified atom stereocenters. The Balaban J connectivity index is 1.46. The zero-order valence-electron chi connectivity index (χ0n) is 16.8. The van der Waals surface area contributed by atoms with E-state index in [1.54, 1.807) is 6.07 Å². The van der Waals surface area contributed by atoms with Gasteiger partial charge in [-0.25, -0.2) is 4.98 Å². The van der Waals surface area contributed by atoms with Crippen molar-refractivity contribution in [2.45, 2.75) is 38.6 Å². The molecule has 0 spiro atoms. The van der Waals surface area contributed by atoms with Gasteiger partial charge in [-0.3, -0.25) is 14.2 Å². The van der Waals surface area contributed by atoms with Gasteiger partial charge in [0.15, 0.2) is 0 Å². The molecule has 1 fully saturated rings. The smallest absolute Gasteiger partial charge is 0.261 e. The lowest BCUT2D eigenvalue weighted by atomic mass is 9.90. The summed E-state index contributed by atoms with van der Waals surface area (Å²) in [4.78, 5) is 32.5. The molecule has 1 amide bonds. The summed E-state index contributed by atoms with van der Waals surface area (Å²) in [5.74, 6) is 0.636. The molecule has 0 radical (unpaired) electrons. The lowest BCUT2D eigenvalue weighted by molar-refractivity contribution is -0.136. The molecule has 1 aliphatic heterocycles. The molecule has 0 saturated carbocycles. The Bertz CT molecular complexity index is 1040. The van der Waals surface area contributed by atoms with Crippen molar-refractivity contribution in [3.8, 4) is 0 Å². The Labute approximate surface area is 171 Å². The zero-order valence-corrected chi connectivity index (χ0v) is 16.8. The molecule has 1 aromatic heterocycles. The number of nitrogens with zero attached hydrogens (tertiary/aromatic N) is 3. The number of hydrogen-bond acceptors (Lipinski definition) is 3. The molecule has 0 bridgehead atoms. The van der Waals surface area contributed by atoms with Gasteiger partial charge in [0.05, 0.1) is 17.2 Å². The number of aromatic nitrogens is 2. The second-order valence-corrected chi connectivity index (χ2v) is 7.86. The summed E-state index contributed by atoms with van der Waals surface area (Å²) in [6.45, 7) is 3.46. The molecule has 2 aromatic carbocycles. The largest absolute Gasteiger partial charge is 0.341 e. The number of carbonyl (C=O) groups is 1. The average Bonchev–Trinajstić information content (AvgIpc) is 2.77. The number of rotatable bonds is 5. The van der Waals surface area contributed by atoms with Crippen molar-refractivity contribution in [1.29, 1.82) is 0 Å². The van der Waals surface area contributed by atoms with Gasteiger partial charge in [0.25, 0.3) is 5.56 Å². The van der Waals surface area contributed by atoms with Gasteiger partial charge in [0.1, 0.15) is 6.04 Å². The van der Waals surface area contributed by atoms with E-state index in [-0.39, 0.29) is 11.5 Å². The Kier molecular flexibility index (Phi) is 5.74. The highest BCUT2D eigenvalue weighted by molar-refractivity contribution is 5.82. The summed E-state index contributed by atoms with van der Waals surface area (Å²) >= 11 is 0. The summed E-state index contributed by atoms with van der Waals surface area (Å²) in [5.41, 5.74) is 1.88. The first-order chi connectivity index (χ1) is 14.2. The van der Waals surface area contributed by atoms with Crippen LogP contribution in [0.3, 0.4) is 0 Å². The second kappa shape index (κ2) is 8.60. The van der Waals surface area contributed by atoms with E-state index in [0.29, 0.717) is 23.2 Å². The number of fused-ring (bicyclic) bond motifs is 1. The van der Waals surface area contributed by atoms with Crippen LogP contribution in [0.25, 0.3) is 10.9 Å². The lowest BCUT2D eigenvalue weighted by Gasteiger charge is -2.34. The van der Waals surface area contributed by atoms with Crippen molar-refractivity contribution in [2.75, 3.05) is 13.1 Å². The summed E-state index contributed by atoms with van der Waals surface area (Å²) in [6.07, 6.45) is 5.17. The monoisotopic (exact) mass is 389 g/mol. The molecular weight excluding hydrogens is 362 g/mol. The van der Waals surface area contributed by atoms with Crippen LogP contribution in [0.2, 0.25) is 0 Å². The predicted molar refractivity (Wildman–Crippen MR) is 115 cm³/mol. The molecule has 5 heteroatoms. The van der Waals surface area contributed by atoms with E-state index in [2.05, 4.69) is 29.2 Å². The van der Waals surface area contributed by atoms with E-state index in [1.165, 1.54) is 16.5 Å². The Morgan fingerprint density at radius 1 is 1.07 bits per heavy atom. The summed E-state index contributed by atoms with van der Waals surface area (Å²) in [5, 5.41) is 0.558. The number of hydrogen-bond donors (Lipinski definition) is 0. The van der Waals surface area contributed by atoms with Crippen LogP contribution in [0.15, 0.2) is 65.7 Å². The molecule has 29 heavy (non-hydrogen) atoms. The highest BCUT2D eigenvalue weighted by Crippen LogP contribution is 2.24. The van der Waals surface area contributed by atoms with E-state index in [0.717, 1.165) is 32.4 Å². The molecule has 4 rings (SSSR count). The Morgan fingerprint density at radius 2 is 1.76 bits per heavy atom. The number of likely N-dealkylation sites (tertiary alicyclic amines) is 1. The maximum absolute atomic E-state index is 13.2. The molecular formula is C24H27N3O2. The average molecular weight is 389 g/mol. The summed E-state index contributed by atoms with van der Waals surface area (Å²) in [7, 11) is 0. The second-order valence-electron chi connectivity index (χ2n) is 7.86. The quantitative estimate of drug-likeness (QED) is 0.666. The third kappa shape index (κ3) is 4.09. The SMILES string of the molecule is CC[C@@H](C(=O)N1CCC(Cc2ccccc2)CC1)n1cnc2ccccc2c1=O. The normalized spacial score (nSPS) is 16.1. The molecule has 3 aromatic rings. The lowest BCUT2D eigenvalue weighted by Crippen LogP contribution is -2.44. The minimum atomic E-state index is -0.495. The van der Waals surface area contributed by atoms with Crippen molar-refractivity contribution >= 4 is 16.8 Å². The van der Waals surface area contributed by atoms with Crippen molar-refractivity contribution in [3.05, 3.63) is 76.8 Å². The number of carbonyl (C=O) groups excluding carboxylic acids is 1. The van der Waals surface area contributed by atoms with Crippen molar-refractivity contribution in [1.82, 2.24) is 14.5 Å². The van der Waals surface area contributed by atoms with Crippen LogP contribution >= 0.6 is 0 Å². The highest BCUT2D eigenvalue weighted by Gasteiger charge is 2.29. The maximum atomic E-state index is 13.2. The van der Waals surface area contributed by atoms with Gasteiger partial charge >= 0.3 is 0 Å². The van der Waals surface area contributed by atoms with Crippen LogP contribution in [-0.2, 0) is 11.2 Å². The minimum Gasteiger partial charge on any atom is -0.341 e. The number of piperidine rings is 1. The molecule has 1 saturated heterocycles. The van der Waals surface area contributed by atoms with Gasteiger partial charge in [-0.15, -0.1) is 0 Å². The maximum Gasteiger partial charge on any atom is 0.261 e. The van der Waals surface area contributed by atoms with E-state index >= 15 is 0 Å². The van der Waals surface area contributed by atoms with E-state index in [4.69, 9.17) is 0 Å². The first kappa shape index (κ1) is 19.4. The van der Waals surface area contributed by atoms with Gasteiger partial charge in [0.2, 0.25) is 5.91 Å². The Morgan fingerprint density at radius 3 is 2.48 bits per heavy atom. The van der Waals surface area contributed by atoms with Crippen LogP contribution in [0.5, 0.6) is 0 Å². The standard InChI is InChI=1S/C24H27N3O2/c1-2-22(27-17-25-21-11-7-6-10-20(21)23(27)28)24(29)26-14-12-19(13-15-26)16-18-8-4-3-5-9-18/h3-11,17,19,22H,2,12-16H2,1H3/t22-/m0/s1. The first-order valence-corrected chi connectivity index (χ1v) is 10.5. The van der Waals surface area contributed by atoms with Crippen molar-refractivity contribution < 1.29 is 4.79 Å². The van der Waals surface area contributed by atoms with Gasteiger partial charge in [0, 0.05) is 13.1 Å². The molecule has 5 nitrogen and oxygen atoms in total. The number of benzene rings is 2. The third-order valence-corrected chi connectivity index (χ3v) is 5.99.